The monoisotopic (exact) mass is 215 g/mol. The molecule has 0 spiro atoms. The Morgan fingerprint density at radius 1 is 1.27 bits per heavy atom. The number of ether oxygens (including phenoxy) is 2. The van der Waals surface area contributed by atoms with Gasteiger partial charge in [-0.05, 0) is 46.1 Å². The molecule has 0 aromatic rings. The molecule has 0 radical (unpaired) electrons. The van der Waals surface area contributed by atoms with E-state index >= 15 is 0 Å². The molecule has 0 bridgehead atoms. The first-order valence-corrected chi connectivity index (χ1v) is 6.16. The Labute approximate surface area is 93.5 Å². The molecule has 90 valence electrons. The minimum Gasteiger partial charge on any atom is -0.380 e. The van der Waals surface area contributed by atoms with Crippen LogP contribution >= 0.6 is 0 Å². The van der Waals surface area contributed by atoms with Gasteiger partial charge in [-0.3, -0.25) is 0 Å². The molecule has 1 saturated carbocycles. The Balaban J connectivity index is 2.07. The third-order valence-electron chi connectivity index (χ3n) is 3.14. The number of hydrogen-bond acceptors (Lipinski definition) is 3. The van der Waals surface area contributed by atoms with Gasteiger partial charge in [0.1, 0.15) is 0 Å². The summed E-state index contributed by atoms with van der Waals surface area (Å²) in [6.45, 7) is 6.61. The molecule has 0 saturated heterocycles. The Hall–Kier alpha value is -0.120. The first-order chi connectivity index (χ1) is 7.30. The number of hydrogen-bond donors (Lipinski definition) is 1. The second-order valence-electron chi connectivity index (χ2n) is 4.30. The molecule has 1 unspecified atom stereocenters. The van der Waals surface area contributed by atoms with Crippen molar-refractivity contribution in [3.8, 4) is 0 Å². The maximum absolute atomic E-state index is 5.55. The van der Waals surface area contributed by atoms with Crippen molar-refractivity contribution in [3.05, 3.63) is 0 Å². The summed E-state index contributed by atoms with van der Waals surface area (Å²) < 4.78 is 11.0. The van der Waals surface area contributed by atoms with Crippen LogP contribution in [0.25, 0.3) is 0 Å². The van der Waals surface area contributed by atoms with E-state index in [2.05, 4.69) is 12.2 Å². The van der Waals surface area contributed by atoms with E-state index in [1.807, 2.05) is 14.0 Å². The Morgan fingerprint density at radius 3 is 2.53 bits per heavy atom. The summed E-state index contributed by atoms with van der Waals surface area (Å²) in [5, 5.41) is 3.32. The number of rotatable bonds is 8. The molecule has 1 rings (SSSR count). The lowest BCUT2D eigenvalue weighted by Gasteiger charge is -2.36. The lowest BCUT2D eigenvalue weighted by Crippen LogP contribution is -2.39. The zero-order chi connectivity index (χ0) is 11.1. The van der Waals surface area contributed by atoms with Gasteiger partial charge in [-0.1, -0.05) is 0 Å². The fraction of sp³-hybridized carbons (Fsp3) is 1.00. The highest BCUT2D eigenvalue weighted by Crippen LogP contribution is 2.33. The van der Waals surface area contributed by atoms with Crippen LogP contribution in [0.1, 0.15) is 33.1 Å². The highest BCUT2D eigenvalue weighted by atomic mass is 16.5. The quantitative estimate of drug-likeness (QED) is 0.670. The van der Waals surface area contributed by atoms with Crippen LogP contribution in [-0.2, 0) is 9.47 Å². The summed E-state index contributed by atoms with van der Waals surface area (Å²) in [5.74, 6) is 0.833. The fourth-order valence-corrected chi connectivity index (χ4v) is 2.17. The minimum absolute atomic E-state index is 0.512. The third kappa shape index (κ3) is 4.49. The fourth-order valence-electron chi connectivity index (χ4n) is 2.17. The van der Waals surface area contributed by atoms with E-state index < -0.39 is 0 Å². The average Bonchev–Trinajstić information content (AvgIpc) is 2.20. The second kappa shape index (κ2) is 7.20. The summed E-state index contributed by atoms with van der Waals surface area (Å²) >= 11 is 0. The van der Waals surface area contributed by atoms with Gasteiger partial charge >= 0.3 is 0 Å². The van der Waals surface area contributed by atoms with Crippen molar-refractivity contribution in [2.75, 3.05) is 26.9 Å². The Kier molecular flexibility index (Phi) is 6.22. The van der Waals surface area contributed by atoms with Crippen LogP contribution in [0, 0.1) is 5.92 Å². The van der Waals surface area contributed by atoms with Gasteiger partial charge in [-0.15, -0.1) is 0 Å². The van der Waals surface area contributed by atoms with Gasteiger partial charge in [-0.2, -0.15) is 0 Å². The molecule has 0 amide bonds. The molecule has 1 N–H and O–H groups in total. The van der Waals surface area contributed by atoms with Crippen LogP contribution in [0.4, 0.5) is 0 Å². The van der Waals surface area contributed by atoms with E-state index in [0.29, 0.717) is 12.1 Å². The van der Waals surface area contributed by atoms with Gasteiger partial charge in [0.2, 0.25) is 0 Å². The van der Waals surface area contributed by atoms with Crippen molar-refractivity contribution in [1.29, 1.82) is 0 Å². The molecule has 15 heavy (non-hydrogen) atoms. The lowest BCUT2D eigenvalue weighted by atomic mass is 9.78. The standard InChI is InChI=1S/C12H25NO2/c1-4-14-9-11(13-3)6-10-7-12(8-10)15-5-2/h10-13H,4-9H2,1-3H3. The van der Waals surface area contributed by atoms with E-state index in [0.717, 1.165) is 25.7 Å². The summed E-state index contributed by atoms with van der Waals surface area (Å²) in [7, 11) is 2.02. The van der Waals surface area contributed by atoms with Crippen molar-refractivity contribution >= 4 is 0 Å². The van der Waals surface area contributed by atoms with Crippen LogP contribution < -0.4 is 5.32 Å². The molecule has 1 atom stereocenters. The zero-order valence-corrected chi connectivity index (χ0v) is 10.3. The molecular weight excluding hydrogens is 190 g/mol. The van der Waals surface area contributed by atoms with Crippen molar-refractivity contribution in [2.45, 2.75) is 45.3 Å². The highest BCUT2D eigenvalue weighted by Gasteiger charge is 2.30. The smallest absolute Gasteiger partial charge is 0.0619 e. The van der Waals surface area contributed by atoms with Crippen molar-refractivity contribution < 1.29 is 9.47 Å². The molecule has 0 aliphatic heterocycles. The van der Waals surface area contributed by atoms with Gasteiger partial charge in [0.25, 0.3) is 0 Å². The highest BCUT2D eigenvalue weighted by molar-refractivity contribution is 4.83. The van der Waals surface area contributed by atoms with Gasteiger partial charge in [0.05, 0.1) is 12.7 Å². The maximum Gasteiger partial charge on any atom is 0.0619 e. The number of nitrogens with one attached hydrogen (secondary N) is 1. The lowest BCUT2D eigenvalue weighted by molar-refractivity contribution is -0.0316. The zero-order valence-electron chi connectivity index (χ0n) is 10.3. The van der Waals surface area contributed by atoms with Crippen LogP contribution in [0.15, 0.2) is 0 Å². The van der Waals surface area contributed by atoms with E-state index in [1.54, 1.807) is 0 Å². The van der Waals surface area contributed by atoms with Crippen molar-refractivity contribution in [1.82, 2.24) is 5.32 Å². The molecule has 1 aliphatic carbocycles. The first kappa shape index (κ1) is 12.9. The summed E-state index contributed by atoms with van der Waals surface area (Å²) in [6.07, 6.45) is 4.22. The molecule has 1 fully saturated rings. The Bertz CT molecular complexity index is 158. The van der Waals surface area contributed by atoms with Crippen LogP contribution in [0.3, 0.4) is 0 Å². The Morgan fingerprint density at radius 2 is 2.00 bits per heavy atom. The average molecular weight is 215 g/mol. The van der Waals surface area contributed by atoms with Gasteiger partial charge in [-0.25, -0.2) is 0 Å². The first-order valence-electron chi connectivity index (χ1n) is 6.16. The molecule has 0 aromatic carbocycles. The van der Waals surface area contributed by atoms with Crippen LogP contribution in [0.5, 0.6) is 0 Å². The predicted octanol–water partition coefficient (Wildman–Crippen LogP) is 1.82. The van der Waals surface area contributed by atoms with E-state index in [4.69, 9.17) is 9.47 Å². The molecule has 0 aromatic heterocycles. The topological polar surface area (TPSA) is 30.5 Å². The van der Waals surface area contributed by atoms with Gasteiger partial charge in [0.15, 0.2) is 0 Å². The minimum atomic E-state index is 0.512. The third-order valence-corrected chi connectivity index (χ3v) is 3.14. The van der Waals surface area contributed by atoms with E-state index in [-0.39, 0.29) is 0 Å². The van der Waals surface area contributed by atoms with Crippen LogP contribution in [-0.4, -0.2) is 39.0 Å². The summed E-state index contributed by atoms with van der Waals surface area (Å²) in [5.41, 5.74) is 0. The molecular formula is C12H25NO2. The van der Waals surface area contributed by atoms with Gasteiger partial charge < -0.3 is 14.8 Å². The molecule has 3 heteroatoms. The summed E-state index contributed by atoms with van der Waals surface area (Å²) in [4.78, 5) is 0. The molecule has 3 nitrogen and oxygen atoms in total. The van der Waals surface area contributed by atoms with E-state index in [1.165, 1.54) is 19.3 Å². The second-order valence-corrected chi connectivity index (χ2v) is 4.30. The largest absolute Gasteiger partial charge is 0.380 e. The molecule has 0 heterocycles. The predicted molar refractivity (Wildman–Crippen MR) is 62.1 cm³/mol. The van der Waals surface area contributed by atoms with Gasteiger partial charge in [0, 0.05) is 19.3 Å². The van der Waals surface area contributed by atoms with Crippen molar-refractivity contribution in [3.63, 3.8) is 0 Å². The van der Waals surface area contributed by atoms with Crippen molar-refractivity contribution in [2.24, 2.45) is 5.92 Å². The normalized spacial score (nSPS) is 27.4. The maximum atomic E-state index is 5.55. The van der Waals surface area contributed by atoms with Crippen LogP contribution in [0.2, 0.25) is 0 Å². The number of likely N-dealkylation sites (N-methyl/N-ethyl adjacent to an activating group) is 1. The SMILES string of the molecule is CCOCC(CC1CC(OCC)C1)NC. The summed E-state index contributed by atoms with van der Waals surface area (Å²) in [6, 6.07) is 0.512. The van der Waals surface area contributed by atoms with E-state index in [9.17, 15) is 0 Å². The molecule has 1 aliphatic rings.